The summed E-state index contributed by atoms with van der Waals surface area (Å²) in [6, 6.07) is 7.29. The fourth-order valence-corrected chi connectivity index (χ4v) is 2.14. The summed E-state index contributed by atoms with van der Waals surface area (Å²) >= 11 is 0. The molecule has 0 amide bonds. The highest BCUT2D eigenvalue weighted by Gasteiger charge is 2.50. The summed E-state index contributed by atoms with van der Waals surface area (Å²) in [6.45, 7) is 2.18. The average molecular weight is 279 g/mol. The van der Waals surface area contributed by atoms with Crippen molar-refractivity contribution in [3.8, 4) is 11.5 Å². The zero-order valence-electron chi connectivity index (χ0n) is 11.9. The van der Waals surface area contributed by atoms with Crippen LogP contribution in [0.4, 0.5) is 0 Å². The lowest BCUT2D eigenvalue weighted by atomic mass is 9.96. The van der Waals surface area contributed by atoms with E-state index in [4.69, 9.17) is 19.9 Å². The second-order valence-corrected chi connectivity index (χ2v) is 4.97. The van der Waals surface area contributed by atoms with E-state index >= 15 is 0 Å². The number of benzene rings is 1. The van der Waals surface area contributed by atoms with Gasteiger partial charge in [-0.05, 0) is 37.8 Å². The first-order chi connectivity index (χ1) is 9.61. The molecule has 5 heteroatoms. The second-order valence-electron chi connectivity index (χ2n) is 4.97. The Morgan fingerprint density at radius 1 is 1.35 bits per heavy atom. The number of carbonyl (C=O) groups excluding carboxylic acids is 1. The van der Waals surface area contributed by atoms with E-state index in [1.807, 2.05) is 12.1 Å². The van der Waals surface area contributed by atoms with Crippen molar-refractivity contribution in [1.29, 1.82) is 0 Å². The Morgan fingerprint density at radius 3 is 2.55 bits per heavy atom. The molecule has 1 fully saturated rings. The van der Waals surface area contributed by atoms with Crippen LogP contribution in [0.2, 0.25) is 0 Å². The normalized spacial score (nSPS) is 17.1. The fraction of sp³-hybridized carbons (Fsp3) is 0.533. The van der Waals surface area contributed by atoms with Gasteiger partial charge in [0, 0.05) is 0 Å². The van der Waals surface area contributed by atoms with Crippen LogP contribution < -0.4 is 15.2 Å². The molecule has 0 heterocycles. The van der Waals surface area contributed by atoms with Crippen molar-refractivity contribution < 1.29 is 19.0 Å². The van der Waals surface area contributed by atoms with E-state index < -0.39 is 11.5 Å². The number of methoxy groups -OCH3 is 1. The molecule has 1 unspecified atom stereocenters. The van der Waals surface area contributed by atoms with Crippen molar-refractivity contribution in [2.75, 3.05) is 20.3 Å². The maximum Gasteiger partial charge on any atom is 0.329 e. The molecule has 0 aromatic heterocycles. The van der Waals surface area contributed by atoms with E-state index in [1.54, 1.807) is 26.2 Å². The van der Waals surface area contributed by atoms with Gasteiger partial charge in [0.2, 0.25) is 0 Å². The molecule has 1 aromatic rings. The van der Waals surface area contributed by atoms with E-state index in [1.165, 1.54) is 0 Å². The van der Waals surface area contributed by atoms with Gasteiger partial charge in [0.15, 0.2) is 17.0 Å². The third kappa shape index (κ3) is 3.04. The Hall–Kier alpha value is -1.75. The molecular weight excluding hydrogens is 258 g/mol. The lowest BCUT2D eigenvalue weighted by molar-refractivity contribution is -0.152. The van der Waals surface area contributed by atoms with Gasteiger partial charge in [-0.3, -0.25) is 0 Å². The fourth-order valence-electron chi connectivity index (χ4n) is 2.14. The van der Waals surface area contributed by atoms with Crippen molar-refractivity contribution >= 4 is 5.97 Å². The third-order valence-electron chi connectivity index (χ3n) is 3.50. The van der Waals surface area contributed by atoms with Gasteiger partial charge < -0.3 is 19.9 Å². The van der Waals surface area contributed by atoms with Crippen LogP contribution in [0.3, 0.4) is 0 Å². The number of esters is 1. The maximum absolute atomic E-state index is 12.1. The number of rotatable bonds is 7. The van der Waals surface area contributed by atoms with Crippen LogP contribution in [0.25, 0.3) is 0 Å². The molecule has 20 heavy (non-hydrogen) atoms. The number of hydrogen-bond donors (Lipinski definition) is 1. The minimum atomic E-state index is -1.07. The number of nitrogens with two attached hydrogens (primary N) is 1. The zero-order chi connectivity index (χ0) is 14.6. The predicted octanol–water partition coefficient (Wildman–Crippen LogP) is 1.74. The van der Waals surface area contributed by atoms with Crippen molar-refractivity contribution in [2.24, 2.45) is 11.7 Å². The largest absolute Gasteiger partial charge is 0.493 e. The van der Waals surface area contributed by atoms with Gasteiger partial charge in [0.25, 0.3) is 0 Å². The number of para-hydroxylation sites is 2. The molecule has 0 bridgehead atoms. The van der Waals surface area contributed by atoms with Gasteiger partial charge in [0.1, 0.15) is 6.61 Å². The first-order valence-electron chi connectivity index (χ1n) is 6.83. The van der Waals surface area contributed by atoms with Gasteiger partial charge in [-0.15, -0.1) is 0 Å². The van der Waals surface area contributed by atoms with Gasteiger partial charge >= 0.3 is 5.97 Å². The van der Waals surface area contributed by atoms with Crippen LogP contribution in [-0.2, 0) is 9.53 Å². The second kappa shape index (κ2) is 6.13. The van der Waals surface area contributed by atoms with Crippen molar-refractivity contribution in [3.63, 3.8) is 0 Å². The average Bonchev–Trinajstić information content (AvgIpc) is 3.30. The summed E-state index contributed by atoms with van der Waals surface area (Å²) in [4.78, 5) is 12.1. The van der Waals surface area contributed by atoms with Gasteiger partial charge in [-0.2, -0.15) is 0 Å². The molecule has 2 N–H and O–H groups in total. The van der Waals surface area contributed by atoms with E-state index in [-0.39, 0.29) is 12.5 Å². The number of carbonyl (C=O) groups is 1. The molecule has 2 rings (SSSR count). The number of hydrogen-bond acceptors (Lipinski definition) is 5. The summed E-state index contributed by atoms with van der Waals surface area (Å²) in [7, 11) is 1.57. The van der Waals surface area contributed by atoms with E-state index in [9.17, 15) is 4.79 Å². The Bertz CT molecular complexity index is 473. The molecule has 1 saturated carbocycles. The molecule has 1 aliphatic rings. The van der Waals surface area contributed by atoms with E-state index in [2.05, 4.69) is 0 Å². The summed E-state index contributed by atoms with van der Waals surface area (Å²) < 4.78 is 16.0. The lowest BCUT2D eigenvalue weighted by Gasteiger charge is -2.27. The van der Waals surface area contributed by atoms with Gasteiger partial charge in [0.05, 0.1) is 13.7 Å². The summed E-state index contributed by atoms with van der Waals surface area (Å²) in [6.07, 6.45) is 1.87. The maximum atomic E-state index is 12.1. The quantitative estimate of drug-likeness (QED) is 0.770. The topological polar surface area (TPSA) is 70.8 Å². The van der Waals surface area contributed by atoms with E-state index in [0.717, 1.165) is 12.8 Å². The molecule has 5 nitrogen and oxygen atoms in total. The van der Waals surface area contributed by atoms with Crippen LogP contribution in [0.5, 0.6) is 11.5 Å². The van der Waals surface area contributed by atoms with Crippen LogP contribution in [0, 0.1) is 5.92 Å². The highest BCUT2D eigenvalue weighted by atomic mass is 16.5. The molecule has 1 atom stereocenters. The van der Waals surface area contributed by atoms with Crippen LogP contribution >= 0.6 is 0 Å². The number of ether oxygens (including phenoxy) is 3. The van der Waals surface area contributed by atoms with Gasteiger partial charge in [-0.1, -0.05) is 12.1 Å². The van der Waals surface area contributed by atoms with E-state index in [0.29, 0.717) is 18.1 Å². The highest BCUT2D eigenvalue weighted by Crippen LogP contribution is 2.40. The molecule has 110 valence electrons. The molecule has 1 aliphatic carbocycles. The Labute approximate surface area is 119 Å². The van der Waals surface area contributed by atoms with Crippen LogP contribution in [0.1, 0.15) is 19.8 Å². The SMILES string of the molecule is CCOC(=O)C(N)(COc1ccccc1OC)C1CC1. The smallest absolute Gasteiger partial charge is 0.329 e. The standard InChI is InChI=1S/C15H21NO4/c1-3-19-14(17)15(16,11-8-9-11)10-20-13-7-5-4-6-12(13)18-2/h4-7,11H,3,8-10,16H2,1-2H3. The van der Waals surface area contributed by atoms with Crippen molar-refractivity contribution in [2.45, 2.75) is 25.3 Å². The monoisotopic (exact) mass is 279 g/mol. The molecule has 1 aromatic carbocycles. The van der Waals surface area contributed by atoms with Crippen LogP contribution in [0.15, 0.2) is 24.3 Å². The zero-order valence-corrected chi connectivity index (χ0v) is 11.9. The Balaban J connectivity index is 2.07. The summed E-state index contributed by atoms with van der Waals surface area (Å²) in [5.74, 6) is 0.943. The molecule has 0 spiro atoms. The van der Waals surface area contributed by atoms with Crippen molar-refractivity contribution in [1.82, 2.24) is 0 Å². The first-order valence-corrected chi connectivity index (χ1v) is 6.83. The Morgan fingerprint density at radius 2 is 2.00 bits per heavy atom. The molecule has 0 saturated heterocycles. The minimum absolute atomic E-state index is 0.0941. The first kappa shape index (κ1) is 14.7. The van der Waals surface area contributed by atoms with Crippen molar-refractivity contribution in [3.05, 3.63) is 24.3 Å². The Kier molecular flexibility index (Phi) is 4.49. The van der Waals surface area contributed by atoms with Crippen LogP contribution in [-0.4, -0.2) is 31.8 Å². The minimum Gasteiger partial charge on any atom is -0.493 e. The molecule has 0 radical (unpaired) electrons. The molecular formula is C15H21NO4. The van der Waals surface area contributed by atoms with Gasteiger partial charge in [-0.25, -0.2) is 4.79 Å². The lowest BCUT2D eigenvalue weighted by Crippen LogP contribution is -2.55. The predicted molar refractivity (Wildman–Crippen MR) is 74.8 cm³/mol. The summed E-state index contributed by atoms with van der Waals surface area (Å²) in [5.41, 5.74) is 5.16. The molecule has 0 aliphatic heterocycles. The highest BCUT2D eigenvalue weighted by molar-refractivity contribution is 5.81. The third-order valence-corrected chi connectivity index (χ3v) is 3.50. The summed E-state index contributed by atoms with van der Waals surface area (Å²) in [5, 5.41) is 0.